The normalized spacial score (nSPS) is 10.7. The number of aromatic amines is 1. The Morgan fingerprint density at radius 1 is 1.09 bits per heavy atom. The summed E-state index contributed by atoms with van der Waals surface area (Å²) in [7, 11) is 0. The predicted molar refractivity (Wildman–Crippen MR) is 90.3 cm³/mol. The first-order chi connectivity index (χ1) is 10.6. The minimum Gasteiger partial charge on any atom is -0.378 e. The lowest BCUT2D eigenvalue weighted by Gasteiger charge is -2.08. The molecule has 0 aliphatic rings. The Morgan fingerprint density at radius 3 is 2.59 bits per heavy atom. The minimum atomic E-state index is 0.469. The van der Waals surface area contributed by atoms with Gasteiger partial charge in [0.15, 0.2) is 5.15 Å². The molecule has 2 heterocycles. The van der Waals surface area contributed by atoms with Crippen LogP contribution in [0.15, 0.2) is 42.6 Å². The fourth-order valence-electron chi connectivity index (χ4n) is 2.15. The summed E-state index contributed by atoms with van der Waals surface area (Å²) in [5.41, 5.74) is 4.63. The van der Waals surface area contributed by atoms with Gasteiger partial charge in [-0.3, -0.25) is 5.10 Å². The number of nitrogens with one attached hydrogen (secondary N) is 2. The number of aryl methyl sites for hydroxylation is 1. The molecule has 0 fully saturated rings. The molecule has 0 atom stereocenters. The third-order valence-corrected chi connectivity index (χ3v) is 3.83. The molecule has 0 amide bonds. The van der Waals surface area contributed by atoms with Crippen LogP contribution in [-0.4, -0.2) is 15.2 Å². The van der Waals surface area contributed by atoms with Gasteiger partial charge in [-0.1, -0.05) is 35.3 Å². The SMILES string of the molecule is Cc1ccc(NCc2c[nH]nc2-c2ccc(Cl)cc2)c(Cl)n1. The van der Waals surface area contributed by atoms with Crippen LogP contribution in [0.3, 0.4) is 0 Å². The van der Waals surface area contributed by atoms with Crippen molar-refractivity contribution in [1.29, 1.82) is 0 Å². The van der Waals surface area contributed by atoms with Crippen molar-refractivity contribution >= 4 is 28.9 Å². The van der Waals surface area contributed by atoms with Gasteiger partial charge in [0.25, 0.3) is 0 Å². The van der Waals surface area contributed by atoms with E-state index < -0.39 is 0 Å². The Balaban J connectivity index is 1.79. The number of benzene rings is 1. The fourth-order valence-corrected chi connectivity index (χ4v) is 2.54. The number of hydrogen-bond donors (Lipinski definition) is 2. The Bertz CT molecular complexity index is 781. The molecule has 1 aromatic carbocycles. The van der Waals surface area contributed by atoms with E-state index in [0.29, 0.717) is 16.7 Å². The molecule has 0 aliphatic heterocycles. The van der Waals surface area contributed by atoms with Crippen LogP contribution in [0.4, 0.5) is 5.69 Å². The van der Waals surface area contributed by atoms with Gasteiger partial charge in [-0.25, -0.2) is 4.98 Å². The maximum atomic E-state index is 6.13. The number of pyridine rings is 1. The largest absolute Gasteiger partial charge is 0.378 e. The highest BCUT2D eigenvalue weighted by Gasteiger charge is 2.09. The first-order valence-corrected chi connectivity index (χ1v) is 7.54. The van der Waals surface area contributed by atoms with E-state index in [1.807, 2.05) is 49.5 Å². The zero-order chi connectivity index (χ0) is 15.5. The molecule has 3 aromatic rings. The summed E-state index contributed by atoms with van der Waals surface area (Å²) < 4.78 is 0. The zero-order valence-corrected chi connectivity index (χ0v) is 13.4. The smallest absolute Gasteiger partial charge is 0.152 e. The summed E-state index contributed by atoms with van der Waals surface area (Å²) in [6.07, 6.45) is 1.87. The number of hydrogen-bond acceptors (Lipinski definition) is 3. The zero-order valence-electron chi connectivity index (χ0n) is 11.9. The van der Waals surface area contributed by atoms with Crippen LogP contribution < -0.4 is 5.32 Å². The summed E-state index contributed by atoms with van der Waals surface area (Å²) in [5.74, 6) is 0. The van der Waals surface area contributed by atoms with Crippen molar-refractivity contribution in [2.75, 3.05) is 5.32 Å². The molecular weight excluding hydrogens is 319 g/mol. The number of anilines is 1. The minimum absolute atomic E-state index is 0.469. The van der Waals surface area contributed by atoms with Gasteiger partial charge in [-0.2, -0.15) is 5.10 Å². The molecular formula is C16H14Cl2N4. The molecule has 0 saturated carbocycles. The maximum Gasteiger partial charge on any atom is 0.152 e. The second-order valence-electron chi connectivity index (χ2n) is 4.91. The molecule has 0 saturated heterocycles. The predicted octanol–water partition coefficient (Wildman–Crippen LogP) is 4.70. The summed E-state index contributed by atoms with van der Waals surface area (Å²) >= 11 is 12.1. The maximum absolute atomic E-state index is 6.13. The van der Waals surface area contributed by atoms with E-state index in [-0.39, 0.29) is 0 Å². The van der Waals surface area contributed by atoms with Crippen molar-refractivity contribution in [2.24, 2.45) is 0 Å². The van der Waals surface area contributed by atoms with Gasteiger partial charge >= 0.3 is 0 Å². The number of nitrogens with zero attached hydrogens (tertiary/aromatic N) is 2. The molecule has 0 spiro atoms. The van der Waals surface area contributed by atoms with Crippen LogP contribution in [0.5, 0.6) is 0 Å². The Labute approximate surface area is 138 Å². The highest BCUT2D eigenvalue weighted by molar-refractivity contribution is 6.32. The van der Waals surface area contributed by atoms with Crippen molar-refractivity contribution in [1.82, 2.24) is 15.2 Å². The molecule has 2 N–H and O–H groups in total. The molecule has 3 rings (SSSR count). The van der Waals surface area contributed by atoms with Crippen LogP contribution in [0.2, 0.25) is 10.2 Å². The van der Waals surface area contributed by atoms with E-state index >= 15 is 0 Å². The van der Waals surface area contributed by atoms with Gasteiger partial charge in [0.1, 0.15) is 0 Å². The van der Waals surface area contributed by atoms with Gasteiger partial charge < -0.3 is 5.32 Å². The molecule has 2 aromatic heterocycles. The first-order valence-electron chi connectivity index (χ1n) is 6.79. The molecule has 6 heteroatoms. The lowest BCUT2D eigenvalue weighted by Crippen LogP contribution is -2.01. The quantitative estimate of drug-likeness (QED) is 0.681. The second-order valence-corrected chi connectivity index (χ2v) is 5.70. The summed E-state index contributed by atoms with van der Waals surface area (Å²) in [6, 6.07) is 11.4. The lowest BCUT2D eigenvalue weighted by molar-refractivity contribution is 1.10. The van der Waals surface area contributed by atoms with E-state index in [0.717, 1.165) is 28.2 Å². The average Bonchev–Trinajstić information content (AvgIpc) is 2.95. The van der Waals surface area contributed by atoms with E-state index in [1.54, 1.807) is 0 Å². The van der Waals surface area contributed by atoms with Crippen LogP contribution in [0.25, 0.3) is 11.3 Å². The number of H-pyrrole nitrogens is 1. The van der Waals surface area contributed by atoms with E-state index in [1.165, 1.54) is 0 Å². The van der Waals surface area contributed by atoms with Crippen molar-refractivity contribution in [2.45, 2.75) is 13.5 Å². The Kier molecular flexibility index (Phi) is 4.32. The van der Waals surface area contributed by atoms with E-state index in [4.69, 9.17) is 23.2 Å². The van der Waals surface area contributed by atoms with Crippen LogP contribution >= 0.6 is 23.2 Å². The molecule has 22 heavy (non-hydrogen) atoms. The molecule has 0 unspecified atom stereocenters. The van der Waals surface area contributed by atoms with Crippen molar-refractivity contribution in [3.05, 3.63) is 64.0 Å². The summed E-state index contributed by atoms with van der Waals surface area (Å²) in [5, 5.41) is 11.7. The molecule has 112 valence electrons. The van der Waals surface area contributed by atoms with Crippen LogP contribution in [0, 0.1) is 6.92 Å². The molecule has 0 bridgehead atoms. The third kappa shape index (κ3) is 3.24. The highest BCUT2D eigenvalue weighted by Crippen LogP contribution is 2.25. The summed E-state index contributed by atoms with van der Waals surface area (Å²) in [4.78, 5) is 4.23. The topological polar surface area (TPSA) is 53.6 Å². The number of rotatable bonds is 4. The van der Waals surface area contributed by atoms with Crippen molar-refractivity contribution in [3.63, 3.8) is 0 Å². The standard InChI is InChI=1S/C16H14Cl2N4/c1-10-2-7-14(16(18)21-10)19-8-12-9-20-22-15(12)11-3-5-13(17)6-4-11/h2-7,9,19H,8H2,1H3,(H,20,22). The Morgan fingerprint density at radius 2 is 1.86 bits per heavy atom. The Hall–Kier alpha value is -2.04. The molecule has 0 radical (unpaired) electrons. The van der Waals surface area contributed by atoms with E-state index in [9.17, 15) is 0 Å². The first kappa shape index (κ1) is 14.9. The fraction of sp³-hybridized carbons (Fsp3) is 0.125. The van der Waals surface area contributed by atoms with Gasteiger partial charge in [-0.15, -0.1) is 0 Å². The summed E-state index contributed by atoms with van der Waals surface area (Å²) in [6.45, 7) is 2.50. The van der Waals surface area contributed by atoms with Gasteiger partial charge in [0.2, 0.25) is 0 Å². The monoisotopic (exact) mass is 332 g/mol. The molecule has 0 aliphatic carbocycles. The third-order valence-electron chi connectivity index (χ3n) is 3.29. The highest BCUT2D eigenvalue weighted by atomic mass is 35.5. The van der Waals surface area contributed by atoms with E-state index in [2.05, 4.69) is 20.5 Å². The molecule has 4 nitrogen and oxygen atoms in total. The van der Waals surface area contributed by atoms with Gasteiger partial charge in [0.05, 0.1) is 11.4 Å². The van der Waals surface area contributed by atoms with Crippen molar-refractivity contribution < 1.29 is 0 Å². The number of halogens is 2. The number of aromatic nitrogens is 3. The average molecular weight is 333 g/mol. The van der Waals surface area contributed by atoms with Gasteiger partial charge in [-0.05, 0) is 31.2 Å². The van der Waals surface area contributed by atoms with Crippen LogP contribution in [0.1, 0.15) is 11.3 Å². The van der Waals surface area contributed by atoms with Crippen LogP contribution in [-0.2, 0) is 6.54 Å². The second kappa shape index (κ2) is 6.38. The lowest BCUT2D eigenvalue weighted by atomic mass is 10.1. The van der Waals surface area contributed by atoms with Crippen molar-refractivity contribution in [3.8, 4) is 11.3 Å². The van der Waals surface area contributed by atoms with Gasteiger partial charge in [0, 0.05) is 34.6 Å².